The lowest BCUT2D eigenvalue weighted by Gasteiger charge is -2.12. The average molecular weight is 469 g/mol. The van der Waals surface area contributed by atoms with Gasteiger partial charge in [0.2, 0.25) is 9.84 Å². The zero-order valence-electron chi connectivity index (χ0n) is 15.6. The number of nitrogens with one attached hydrogen (secondary N) is 2. The number of thiazole rings is 1. The van der Waals surface area contributed by atoms with E-state index in [1.165, 1.54) is 30.4 Å². The molecule has 0 saturated carbocycles. The minimum absolute atomic E-state index is 0.00308. The van der Waals surface area contributed by atoms with Crippen LogP contribution in [0.5, 0.6) is 0 Å². The van der Waals surface area contributed by atoms with Gasteiger partial charge in [0.25, 0.3) is 5.91 Å². The van der Waals surface area contributed by atoms with E-state index in [1.807, 2.05) is 0 Å². The van der Waals surface area contributed by atoms with Crippen molar-refractivity contribution < 1.29 is 31.2 Å². The largest absolute Gasteiger partial charge is 0.443 e. The van der Waals surface area contributed by atoms with Crippen LogP contribution in [0.3, 0.4) is 0 Å². The number of aromatic nitrogens is 1. The van der Waals surface area contributed by atoms with Crippen molar-refractivity contribution in [3.8, 4) is 0 Å². The molecule has 1 aromatic heterocycles. The van der Waals surface area contributed by atoms with Gasteiger partial charge in [-0.1, -0.05) is 6.08 Å². The summed E-state index contributed by atoms with van der Waals surface area (Å²) in [6.07, 6.45) is -0.485. The van der Waals surface area contributed by atoms with Crippen molar-refractivity contribution in [2.45, 2.75) is 24.0 Å². The molecule has 1 amide bonds. The van der Waals surface area contributed by atoms with Crippen molar-refractivity contribution in [3.63, 3.8) is 0 Å². The van der Waals surface area contributed by atoms with E-state index in [-0.39, 0.29) is 56.8 Å². The summed E-state index contributed by atoms with van der Waals surface area (Å²) < 4.78 is 63.9. The van der Waals surface area contributed by atoms with Crippen LogP contribution in [0.15, 0.2) is 51.9 Å². The van der Waals surface area contributed by atoms with Crippen LogP contribution >= 0.6 is 11.3 Å². The smallest absolute Gasteiger partial charge is 0.380 e. The number of hydrogen-bond acceptors (Lipinski definition) is 7. The third kappa shape index (κ3) is 4.00. The minimum Gasteiger partial charge on any atom is -0.380 e. The topological polar surface area (TPSA) is 105 Å². The van der Waals surface area contributed by atoms with E-state index in [4.69, 9.17) is 0 Å². The van der Waals surface area contributed by atoms with Gasteiger partial charge in [-0.3, -0.25) is 9.59 Å². The Balaban J connectivity index is 1.55. The number of rotatable bonds is 3. The van der Waals surface area contributed by atoms with Crippen molar-refractivity contribution in [2.75, 3.05) is 11.9 Å². The number of anilines is 1. The molecule has 1 aromatic carbocycles. The van der Waals surface area contributed by atoms with Crippen LogP contribution in [0, 0.1) is 0 Å². The molecule has 0 fully saturated rings. The fraction of sp³-hybridized carbons (Fsp3) is 0.211. The Morgan fingerprint density at radius 1 is 1.29 bits per heavy atom. The van der Waals surface area contributed by atoms with Gasteiger partial charge in [-0.15, -0.1) is 11.3 Å². The summed E-state index contributed by atoms with van der Waals surface area (Å²) in [7, 11) is -3.96. The normalized spacial score (nSPS) is 17.5. The van der Waals surface area contributed by atoms with Gasteiger partial charge in [-0.05, 0) is 24.3 Å². The summed E-state index contributed by atoms with van der Waals surface area (Å²) in [4.78, 5) is 28.0. The van der Waals surface area contributed by atoms with Gasteiger partial charge < -0.3 is 10.6 Å². The maximum Gasteiger partial charge on any atom is 0.443 e. The highest BCUT2D eigenvalue weighted by Gasteiger charge is 2.35. The molecule has 31 heavy (non-hydrogen) atoms. The summed E-state index contributed by atoms with van der Waals surface area (Å²) in [5.74, 6) is -0.885. The van der Waals surface area contributed by atoms with Crippen molar-refractivity contribution in [1.82, 2.24) is 10.3 Å². The summed E-state index contributed by atoms with van der Waals surface area (Å²) in [5, 5.41) is 4.38. The number of benzene rings is 1. The molecule has 162 valence electrons. The molecule has 0 unspecified atom stereocenters. The monoisotopic (exact) mass is 469 g/mol. The average Bonchev–Trinajstić information content (AvgIpc) is 3.16. The number of sulfone groups is 1. The van der Waals surface area contributed by atoms with Crippen LogP contribution in [0.1, 0.15) is 26.7 Å². The quantitative estimate of drug-likeness (QED) is 0.716. The number of fused-ring (bicyclic) bond motifs is 1. The predicted molar refractivity (Wildman–Crippen MR) is 106 cm³/mol. The van der Waals surface area contributed by atoms with E-state index in [0.717, 1.165) is 6.20 Å². The number of carbonyl (C=O) groups excluding carboxylic acids is 2. The van der Waals surface area contributed by atoms with Gasteiger partial charge in [0, 0.05) is 35.2 Å². The highest BCUT2D eigenvalue weighted by Crippen LogP contribution is 2.35. The Labute approximate surface area is 178 Å². The Bertz CT molecular complexity index is 1260. The fourth-order valence-corrected chi connectivity index (χ4v) is 5.62. The third-order valence-corrected chi connectivity index (χ3v) is 7.64. The molecule has 1 aliphatic heterocycles. The number of halogens is 3. The zero-order valence-corrected chi connectivity index (χ0v) is 17.2. The van der Waals surface area contributed by atoms with Gasteiger partial charge in [0.15, 0.2) is 10.8 Å². The molecule has 1 aliphatic carbocycles. The molecule has 2 heterocycles. The Morgan fingerprint density at radius 3 is 2.77 bits per heavy atom. The molecule has 2 aromatic rings. The van der Waals surface area contributed by atoms with Crippen LogP contribution in [0.2, 0.25) is 0 Å². The standard InChI is InChI=1S/C19H14F3N3O4S2/c20-19(21,22)18-25-8-11(30-18)7-24-17(27)10-4-5-16-13(6-10)23-9-12-14(26)2-1-3-15(12)31(16,28)29/h1,3-6,8,23H,2,7,9H2,(H,24,27). The highest BCUT2D eigenvalue weighted by molar-refractivity contribution is 7.95. The maximum atomic E-state index is 13.0. The van der Waals surface area contributed by atoms with Crippen molar-refractivity contribution in [3.05, 3.63) is 62.5 Å². The number of nitrogens with zero attached hydrogens (tertiary/aromatic N) is 1. The molecule has 2 N–H and O–H groups in total. The molecule has 0 saturated heterocycles. The molecule has 0 atom stereocenters. The second-order valence-electron chi connectivity index (χ2n) is 6.75. The second kappa shape index (κ2) is 7.61. The molecule has 2 aliphatic rings. The summed E-state index contributed by atoms with van der Waals surface area (Å²) in [5.41, 5.74) is 0.444. The number of carbonyl (C=O) groups is 2. The number of allylic oxidation sites excluding steroid dienone is 2. The first-order chi connectivity index (χ1) is 14.6. The molecular formula is C19H14F3N3O4S2. The second-order valence-corrected chi connectivity index (χ2v) is 9.75. The first kappa shape index (κ1) is 21.2. The molecule has 0 spiro atoms. The van der Waals surface area contributed by atoms with Gasteiger partial charge in [0.1, 0.15) is 0 Å². The SMILES string of the molecule is O=C1CC=CC2=C1CNc1cc(C(=O)NCc3cnc(C(F)(F)F)s3)ccc1S2(=O)=O. The molecule has 4 rings (SSSR count). The van der Waals surface area contributed by atoms with Crippen molar-refractivity contribution in [2.24, 2.45) is 0 Å². The van der Waals surface area contributed by atoms with E-state index >= 15 is 0 Å². The van der Waals surface area contributed by atoms with Crippen LogP contribution in [0.4, 0.5) is 18.9 Å². The minimum atomic E-state index is -4.55. The van der Waals surface area contributed by atoms with Gasteiger partial charge in [-0.25, -0.2) is 13.4 Å². The lowest BCUT2D eigenvalue weighted by Crippen LogP contribution is -2.22. The number of ketones is 1. The summed E-state index contributed by atoms with van der Waals surface area (Å²) in [6.45, 7) is -0.165. The van der Waals surface area contributed by atoms with Crippen LogP contribution in [-0.4, -0.2) is 31.6 Å². The van der Waals surface area contributed by atoms with E-state index < -0.39 is 26.9 Å². The molecular weight excluding hydrogens is 455 g/mol. The summed E-state index contributed by atoms with van der Waals surface area (Å²) in [6, 6.07) is 3.91. The first-order valence-electron chi connectivity index (χ1n) is 8.93. The Morgan fingerprint density at radius 2 is 2.06 bits per heavy atom. The number of Topliss-reactive ketones (excluding diaryl/α,β-unsaturated/α-hetero) is 1. The predicted octanol–water partition coefficient (Wildman–Crippen LogP) is 3.07. The highest BCUT2D eigenvalue weighted by atomic mass is 32.2. The van der Waals surface area contributed by atoms with E-state index in [0.29, 0.717) is 11.3 Å². The zero-order chi connectivity index (χ0) is 22.4. The van der Waals surface area contributed by atoms with Crippen molar-refractivity contribution >= 4 is 38.6 Å². The number of alkyl halides is 3. The van der Waals surface area contributed by atoms with Crippen LogP contribution in [-0.2, 0) is 27.4 Å². The Kier molecular flexibility index (Phi) is 5.21. The maximum absolute atomic E-state index is 13.0. The van der Waals surface area contributed by atoms with E-state index in [2.05, 4.69) is 15.6 Å². The van der Waals surface area contributed by atoms with E-state index in [1.54, 1.807) is 0 Å². The first-order valence-corrected chi connectivity index (χ1v) is 11.2. The lowest BCUT2D eigenvalue weighted by molar-refractivity contribution is -0.137. The fourth-order valence-electron chi connectivity index (χ4n) is 3.21. The molecule has 7 nitrogen and oxygen atoms in total. The number of hydrogen-bond donors (Lipinski definition) is 2. The van der Waals surface area contributed by atoms with Gasteiger partial charge >= 0.3 is 6.18 Å². The third-order valence-electron chi connectivity index (χ3n) is 4.70. The van der Waals surface area contributed by atoms with Crippen LogP contribution in [0.25, 0.3) is 0 Å². The molecule has 0 bridgehead atoms. The van der Waals surface area contributed by atoms with Crippen molar-refractivity contribution in [1.29, 1.82) is 0 Å². The molecule has 0 radical (unpaired) electrons. The van der Waals surface area contributed by atoms with E-state index in [9.17, 15) is 31.2 Å². The van der Waals surface area contributed by atoms with Crippen LogP contribution < -0.4 is 10.6 Å². The molecule has 12 heteroatoms. The number of amides is 1. The summed E-state index contributed by atoms with van der Waals surface area (Å²) >= 11 is 0.428. The Hall–Kier alpha value is -2.99. The lowest BCUT2D eigenvalue weighted by atomic mass is 10.0. The van der Waals surface area contributed by atoms with Gasteiger partial charge in [-0.2, -0.15) is 13.2 Å². The van der Waals surface area contributed by atoms with Gasteiger partial charge in [0.05, 0.1) is 22.0 Å².